The van der Waals surface area contributed by atoms with Gasteiger partial charge in [-0.15, -0.1) is 10.2 Å². The molecule has 159 valence electrons. The van der Waals surface area contributed by atoms with Crippen molar-refractivity contribution in [2.45, 2.75) is 50.0 Å². The Hall–Kier alpha value is -3.17. The van der Waals surface area contributed by atoms with Crippen molar-refractivity contribution in [1.29, 1.82) is 0 Å². The fourth-order valence-electron chi connectivity index (χ4n) is 2.83. The Morgan fingerprint density at radius 3 is 2.57 bits per heavy atom. The number of hydrogen-bond acceptors (Lipinski definition) is 6. The third kappa shape index (κ3) is 6.16. The highest BCUT2D eigenvalue weighted by Gasteiger charge is 2.34. The summed E-state index contributed by atoms with van der Waals surface area (Å²) in [5.41, 5.74) is 5.57. The number of rotatable bonds is 11. The van der Waals surface area contributed by atoms with E-state index in [-0.39, 0.29) is 11.8 Å². The fraction of sp³-hybridized carbons (Fsp3) is 0.400. The third-order valence-electron chi connectivity index (χ3n) is 4.51. The van der Waals surface area contributed by atoms with E-state index in [2.05, 4.69) is 15.5 Å². The summed E-state index contributed by atoms with van der Waals surface area (Å²) < 4.78 is 33.6. The molecule has 8 nitrogen and oxygen atoms in total. The standard InChI is InChI=1S/C20H21F2N4O4/c21-20(22,11-12-4-2-1-3-5-12)9-8-16(28)24-14(10-15(23)27)17(29)19-26-25-18(30-19)13-6-7-13/h1-5,8,13-14H,6-7,9-11H2,(H2,23,27)(H,24,28). The second-order valence-electron chi connectivity index (χ2n) is 7.24. The zero-order valence-corrected chi connectivity index (χ0v) is 16.0. The number of carbonyl (C=O) groups is 3. The van der Waals surface area contributed by atoms with Gasteiger partial charge in [-0.25, -0.2) is 8.78 Å². The molecule has 2 aromatic rings. The van der Waals surface area contributed by atoms with E-state index < -0.39 is 48.8 Å². The zero-order valence-electron chi connectivity index (χ0n) is 16.0. The lowest BCUT2D eigenvalue weighted by atomic mass is 10.0. The maximum atomic E-state index is 14.1. The minimum atomic E-state index is -3.16. The minimum Gasteiger partial charge on any atom is -0.418 e. The van der Waals surface area contributed by atoms with Crippen molar-refractivity contribution >= 4 is 17.6 Å². The summed E-state index contributed by atoms with van der Waals surface area (Å²) in [6.07, 6.45) is 0.602. The van der Waals surface area contributed by atoms with E-state index in [1.165, 1.54) is 0 Å². The van der Waals surface area contributed by atoms with Crippen LogP contribution in [0.15, 0.2) is 34.7 Å². The van der Waals surface area contributed by atoms with Crippen molar-refractivity contribution in [3.8, 4) is 0 Å². The maximum absolute atomic E-state index is 14.1. The van der Waals surface area contributed by atoms with Gasteiger partial charge in [0.2, 0.25) is 23.5 Å². The average molecular weight is 419 g/mol. The lowest BCUT2D eigenvalue weighted by Gasteiger charge is -2.18. The van der Waals surface area contributed by atoms with Gasteiger partial charge in [-0.05, 0) is 18.4 Å². The highest BCUT2D eigenvalue weighted by atomic mass is 19.3. The van der Waals surface area contributed by atoms with Crippen molar-refractivity contribution < 1.29 is 27.6 Å². The number of nitrogens with two attached hydrogens (primary N) is 1. The summed E-state index contributed by atoms with van der Waals surface area (Å²) in [6.45, 7) is 0. The summed E-state index contributed by atoms with van der Waals surface area (Å²) in [5.74, 6) is -5.68. The lowest BCUT2D eigenvalue weighted by Crippen LogP contribution is -2.44. The molecule has 1 saturated carbocycles. The number of nitrogens with one attached hydrogen (secondary N) is 1. The molecule has 30 heavy (non-hydrogen) atoms. The average Bonchev–Trinajstić information content (AvgIpc) is 3.42. The summed E-state index contributed by atoms with van der Waals surface area (Å²) in [7, 11) is 0. The number of nitrogens with zero attached hydrogens (tertiary/aromatic N) is 2. The van der Waals surface area contributed by atoms with Gasteiger partial charge in [0.1, 0.15) is 6.04 Å². The van der Waals surface area contributed by atoms with Crippen molar-refractivity contribution in [3.05, 3.63) is 54.1 Å². The number of halogens is 2. The van der Waals surface area contributed by atoms with E-state index in [1.807, 2.05) is 0 Å². The number of ketones is 1. The molecule has 1 aliphatic carbocycles. The Morgan fingerprint density at radius 2 is 1.93 bits per heavy atom. The quantitative estimate of drug-likeness (QED) is 0.536. The van der Waals surface area contributed by atoms with Crippen LogP contribution in [0.1, 0.15) is 53.7 Å². The summed E-state index contributed by atoms with van der Waals surface area (Å²) in [5, 5.41) is 9.65. The van der Waals surface area contributed by atoms with Crippen LogP contribution in [0.2, 0.25) is 0 Å². The first-order valence-electron chi connectivity index (χ1n) is 9.45. The Bertz CT molecular complexity index is 913. The van der Waals surface area contributed by atoms with E-state index in [0.717, 1.165) is 19.3 Å². The Labute approximate surface area is 171 Å². The van der Waals surface area contributed by atoms with Gasteiger partial charge in [0.15, 0.2) is 0 Å². The van der Waals surface area contributed by atoms with E-state index >= 15 is 0 Å². The van der Waals surface area contributed by atoms with Crippen LogP contribution in [0.4, 0.5) is 8.78 Å². The third-order valence-corrected chi connectivity index (χ3v) is 4.51. The molecule has 1 heterocycles. The highest BCUT2D eigenvalue weighted by molar-refractivity contribution is 6.01. The van der Waals surface area contributed by atoms with Crippen molar-refractivity contribution in [3.63, 3.8) is 0 Å². The number of carbonyl (C=O) groups excluding carboxylic acids is 3. The largest absolute Gasteiger partial charge is 0.418 e. The Kier molecular flexibility index (Phi) is 6.53. The van der Waals surface area contributed by atoms with Gasteiger partial charge in [-0.3, -0.25) is 14.4 Å². The molecule has 1 unspecified atom stereocenters. The van der Waals surface area contributed by atoms with Crippen LogP contribution >= 0.6 is 0 Å². The number of alkyl halides is 2. The predicted octanol–water partition coefficient (Wildman–Crippen LogP) is 1.96. The highest BCUT2D eigenvalue weighted by Crippen LogP contribution is 2.39. The molecule has 10 heteroatoms. The topological polar surface area (TPSA) is 128 Å². The van der Waals surface area contributed by atoms with E-state index in [4.69, 9.17) is 10.2 Å². The second kappa shape index (κ2) is 9.10. The molecule has 0 aliphatic heterocycles. The Balaban J connectivity index is 1.57. The molecule has 1 atom stereocenters. The maximum Gasteiger partial charge on any atom is 0.286 e. The second-order valence-corrected chi connectivity index (χ2v) is 7.24. The molecule has 2 amide bonds. The predicted molar refractivity (Wildman–Crippen MR) is 100 cm³/mol. The summed E-state index contributed by atoms with van der Waals surface area (Å²) in [4.78, 5) is 35.9. The summed E-state index contributed by atoms with van der Waals surface area (Å²) >= 11 is 0. The zero-order chi connectivity index (χ0) is 21.7. The number of Topliss-reactive ketones (excluding diaryl/α,β-unsaturated/α-hetero) is 1. The van der Waals surface area contributed by atoms with Gasteiger partial charge in [-0.1, -0.05) is 30.3 Å². The molecule has 1 fully saturated rings. The van der Waals surface area contributed by atoms with Crippen molar-refractivity contribution in [1.82, 2.24) is 15.5 Å². The molecule has 0 bridgehead atoms. The van der Waals surface area contributed by atoms with E-state index in [0.29, 0.717) is 11.5 Å². The smallest absolute Gasteiger partial charge is 0.286 e. The van der Waals surface area contributed by atoms with Gasteiger partial charge in [0, 0.05) is 18.8 Å². The molecular weight excluding hydrogens is 398 g/mol. The number of primary amides is 1. The number of hydrogen-bond donors (Lipinski definition) is 2. The molecule has 1 aromatic heterocycles. The van der Waals surface area contributed by atoms with Crippen LogP contribution in [0.25, 0.3) is 0 Å². The molecule has 1 aliphatic rings. The molecule has 1 aromatic carbocycles. The lowest BCUT2D eigenvalue weighted by molar-refractivity contribution is -0.120. The first kappa shape index (κ1) is 21.5. The number of benzene rings is 1. The van der Waals surface area contributed by atoms with Crippen LogP contribution in [0, 0.1) is 6.42 Å². The monoisotopic (exact) mass is 419 g/mol. The molecule has 1 radical (unpaired) electrons. The first-order chi connectivity index (χ1) is 14.2. The van der Waals surface area contributed by atoms with Gasteiger partial charge < -0.3 is 15.5 Å². The van der Waals surface area contributed by atoms with E-state index in [1.54, 1.807) is 30.3 Å². The van der Waals surface area contributed by atoms with Crippen LogP contribution in [0.5, 0.6) is 0 Å². The van der Waals surface area contributed by atoms with Gasteiger partial charge in [-0.2, -0.15) is 0 Å². The SMILES string of the molecule is NC(=O)CC(NC(=O)[CH]CC(F)(F)Cc1ccccc1)C(=O)c1nnc(C2CC2)o1. The van der Waals surface area contributed by atoms with Crippen LogP contribution in [-0.4, -0.2) is 39.8 Å². The molecule has 0 spiro atoms. The normalized spacial score (nSPS) is 14.9. The van der Waals surface area contributed by atoms with Gasteiger partial charge in [0.25, 0.3) is 11.8 Å². The molecule has 0 saturated heterocycles. The summed E-state index contributed by atoms with van der Waals surface area (Å²) in [6, 6.07) is 6.75. The van der Waals surface area contributed by atoms with Gasteiger partial charge >= 0.3 is 0 Å². The number of aromatic nitrogens is 2. The minimum absolute atomic E-state index is 0.114. The van der Waals surface area contributed by atoms with Crippen molar-refractivity contribution in [2.75, 3.05) is 0 Å². The Morgan fingerprint density at radius 1 is 1.23 bits per heavy atom. The first-order valence-corrected chi connectivity index (χ1v) is 9.45. The fourth-order valence-corrected chi connectivity index (χ4v) is 2.83. The molecule has 3 rings (SSSR count). The van der Waals surface area contributed by atoms with E-state index in [9.17, 15) is 23.2 Å². The van der Waals surface area contributed by atoms with Crippen LogP contribution in [0.3, 0.4) is 0 Å². The van der Waals surface area contributed by atoms with Crippen LogP contribution < -0.4 is 11.1 Å². The molecule has 3 N–H and O–H groups in total. The number of amides is 2. The van der Waals surface area contributed by atoms with Crippen LogP contribution in [-0.2, 0) is 16.0 Å². The van der Waals surface area contributed by atoms with Crippen molar-refractivity contribution in [2.24, 2.45) is 5.73 Å². The van der Waals surface area contributed by atoms with Gasteiger partial charge in [0.05, 0.1) is 12.8 Å². The molecular formula is C20H21F2N4O4.